The van der Waals surface area contributed by atoms with Crippen molar-refractivity contribution in [3.8, 4) is 5.75 Å². The molecule has 0 fully saturated rings. The quantitative estimate of drug-likeness (QED) is 0.409. The van der Waals surface area contributed by atoms with E-state index in [-0.39, 0.29) is 16.7 Å². The Morgan fingerprint density at radius 2 is 1.74 bits per heavy atom. The number of hydrogen-bond acceptors (Lipinski definition) is 2. The maximum absolute atomic E-state index is 13.1. The molecular formula is C28H40NO2. The van der Waals surface area contributed by atoms with Gasteiger partial charge in [-0.1, -0.05) is 85.2 Å². The fraction of sp³-hybridized carbons (Fsp3) is 0.536. The second kappa shape index (κ2) is 10.8. The van der Waals surface area contributed by atoms with E-state index < -0.39 is 6.10 Å². The average molecular weight is 423 g/mol. The Bertz CT molecular complexity index is 839. The number of rotatable bonds is 11. The summed E-state index contributed by atoms with van der Waals surface area (Å²) in [6, 6.07) is 17.0. The van der Waals surface area contributed by atoms with Crippen molar-refractivity contribution >= 4 is 11.6 Å². The van der Waals surface area contributed by atoms with Crippen molar-refractivity contribution in [2.24, 2.45) is 0 Å². The summed E-state index contributed by atoms with van der Waals surface area (Å²) in [6.45, 7) is 15.6. The smallest absolute Gasteiger partial charge is 0.265 e. The predicted molar refractivity (Wildman–Crippen MR) is 131 cm³/mol. The van der Waals surface area contributed by atoms with Gasteiger partial charge >= 0.3 is 0 Å². The molecule has 2 rings (SSSR count). The van der Waals surface area contributed by atoms with E-state index in [0.29, 0.717) is 12.1 Å². The van der Waals surface area contributed by atoms with Crippen LogP contribution in [-0.2, 0) is 15.6 Å². The molecule has 0 aliphatic heterocycles. The Morgan fingerprint density at radius 3 is 2.32 bits per heavy atom. The molecule has 0 heterocycles. The first-order valence-electron chi connectivity index (χ1n) is 11.7. The maximum Gasteiger partial charge on any atom is 0.265 e. The lowest BCUT2D eigenvalue weighted by Crippen LogP contribution is -2.34. The molecule has 3 heteroatoms. The Balaban J connectivity index is 2.39. The van der Waals surface area contributed by atoms with Crippen molar-refractivity contribution < 1.29 is 9.53 Å². The van der Waals surface area contributed by atoms with Crippen LogP contribution in [-0.4, -0.2) is 12.0 Å². The van der Waals surface area contributed by atoms with Crippen LogP contribution in [0.1, 0.15) is 91.7 Å². The normalized spacial score (nSPS) is 13.0. The molecule has 169 valence electrons. The molecule has 1 amide bonds. The molecule has 0 saturated carbocycles. The Hall–Kier alpha value is -2.29. The number of benzene rings is 2. The van der Waals surface area contributed by atoms with E-state index in [0.717, 1.165) is 31.4 Å². The molecule has 0 aliphatic carbocycles. The van der Waals surface area contributed by atoms with Crippen LogP contribution in [0.5, 0.6) is 5.75 Å². The molecule has 0 saturated heterocycles. The van der Waals surface area contributed by atoms with Gasteiger partial charge in [0.05, 0.1) is 0 Å². The van der Waals surface area contributed by atoms with E-state index >= 15 is 0 Å². The third-order valence-corrected chi connectivity index (χ3v) is 6.61. The van der Waals surface area contributed by atoms with E-state index in [9.17, 15) is 4.79 Å². The highest BCUT2D eigenvalue weighted by atomic mass is 16.5. The zero-order valence-corrected chi connectivity index (χ0v) is 20.5. The topological polar surface area (TPSA) is 38.3 Å². The average Bonchev–Trinajstić information content (AvgIpc) is 2.77. The van der Waals surface area contributed by atoms with E-state index in [1.807, 2.05) is 18.2 Å². The highest BCUT2D eigenvalue weighted by molar-refractivity contribution is 5.94. The molecule has 1 radical (unpaired) electrons. The molecule has 2 aromatic rings. The van der Waals surface area contributed by atoms with Crippen LogP contribution in [0.2, 0.25) is 0 Å². The van der Waals surface area contributed by atoms with Crippen molar-refractivity contribution in [2.45, 2.75) is 97.5 Å². The molecule has 1 atom stereocenters. The summed E-state index contributed by atoms with van der Waals surface area (Å²) in [5.74, 6) is 0.699. The summed E-state index contributed by atoms with van der Waals surface area (Å²) in [7, 11) is 0. The van der Waals surface area contributed by atoms with Crippen molar-refractivity contribution in [1.82, 2.24) is 0 Å². The van der Waals surface area contributed by atoms with E-state index in [1.54, 1.807) is 6.07 Å². The molecule has 0 aliphatic rings. The van der Waals surface area contributed by atoms with Gasteiger partial charge in [-0.2, -0.15) is 0 Å². The van der Waals surface area contributed by atoms with E-state index in [2.05, 4.69) is 78.0 Å². The number of para-hydroxylation sites is 1. The SMILES string of the molecule is CCCCC(Oc1ccc(C(C)(C)CC)cc1C(C)(C)CC)C(=O)Nc1[c]cccc1. The number of unbranched alkanes of at least 4 members (excludes halogenated alkanes) is 1. The van der Waals surface area contributed by atoms with Gasteiger partial charge in [0, 0.05) is 17.3 Å². The van der Waals surface area contributed by atoms with Gasteiger partial charge < -0.3 is 10.1 Å². The van der Waals surface area contributed by atoms with Crippen molar-refractivity contribution in [1.29, 1.82) is 0 Å². The molecule has 1 N–H and O–H groups in total. The highest BCUT2D eigenvalue weighted by Gasteiger charge is 2.29. The Kier molecular flexibility index (Phi) is 8.73. The van der Waals surface area contributed by atoms with Crippen LogP contribution in [0, 0.1) is 6.07 Å². The molecule has 0 aromatic heterocycles. The van der Waals surface area contributed by atoms with Crippen LogP contribution in [0.4, 0.5) is 5.69 Å². The van der Waals surface area contributed by atoms with Gasteiger partial charge in [-0.05, 0) is 54.2 Å². The van der Waals surface area contributed by atoms with Gasteiger partial charge in [-0.3, -0.25) is 4.79 Å². The molecule has 0 spiro atoms. The monoisotopic (exact) mass is 422 g/mol. The van der Waals surface area contributed by atoms with Crippen LogP contribution < -0.4 is 10.1 Å². The first-order valence-corrected chi connectivity index (χ1v) is 11.7. The first kappa shape index (κ1) is 25.0. The molecule has 0 bridgehead atoms. The van der Waals surface area contributed by atoms with Crippen LogP contribution >= 0.6 is 0 Å². The fourth-order valence-corrected chi connectivity index (χ4v) is 3.45. The van der Waals surface area contributed by atoms with E-state index in [4.69, 9.17) is 4.74 Å². The summed E-state index contributed by atoms with van der Waals surface area (Å²) in [6.07, 6.45) is 4.15. The second-order valence-corrected chi connectivity index (χ2v) is 9.70. The molecule has 3 nitrogen and oxygen atoms in total. The lowest BCUT2D eigenvalue weighted by Gasteiger charge is -2.31. The van der Waals surface area contributed by atoms with Gasteiger partial charge in [0.1, 0.15) is 5.75 Å². The van der Waals surface area contributed by atoms with Gasteiger partial charge in [-0.25, -0.2) is 0 Å². The number of nitrogens with one attached hydrogen (secondary N) is 1. The van der Waals surface area contributed by atoms with Crippen molar-refractivity contribution in [2.75, 3.05) is 5.32 Å². The lowest BCUT2D eigenvalue weighted by atomic mass is 9.76. The van der Waals surface area contributed by atoms with Gasteiger partial charge in [0.25, 0.3) is 5.91 Å². The Labute approximate surface area is 189 Å². The number of carbonyl (C=O) groups is 1. The minimum atomic E-state index is -0.537. The summed E-state index contributed by atoms with van der Waals surface area (Å²) >= 11 is 0. The van der Waals surface area contributed by atoms with Gasteiger partial charge in [0.15, 0.2) is 6.10 Å². The molecule has 1 unspecified atom stereocenters. The highest BCUT2D eigenvalue weighted by Crippen LogP contribution is 2.39. The maximum atomic E-state index is 13.1. The number of hydrogen-bond donors (Lipinski definition) is 1. The molecule has 2 aromatic carbocycles. The first-order chi connectivity index (χ1) is 14.6. The third kappa shape index (κ3) is 6.59. The van der Waals surface area contributed by atoms with Crippen LogP contribution in [0.25, 0.3) is 0 Å². The standard InChI is InChI=1S/C28H40NO2/c1-8-11-17-25(26(30)29-22-15-13-12-14-16-22)31-24-19-18-21(27(4,5)9-2)20-23(24)28(6,7)10-3/h12-15,18-20,25H,8-11,17H2,1-7H3,(H,29,30). The molecular weight excluding hydrogens is 382 g/mol. The van der Waals surface area contributed by atoms with Crippen LogP contribution in [0.3, 0.4) is 0 Å². The van der Waals surface area contributed by atoms with Crippen molar-refractivity contribution in [3.63, 3.8) is 0 Å². The van der Waals surface area contributed by atoms with Gasteiger partial charge in [0.2, 0.25) is 0 Å². The molecule has 31 heavy (non-hydrogen) atoms. The van der Waals surface area contributed by atoms with Crippen LogP contribution in [0.15, 0.2) is 42.5 Å². The summed E-state index contributed by atoms with van der Waals surface area (Å²) in [4.78, 5) is 13.1. The minimum absolute atomic E-state index is 0.0475. The van der Waals surface area contributed by atoms with E-state index in [1.165, 1.54) is 11.1 Å². The summed E-state index contributed by atoms with van der Waals surface area (Å²) in [5, 5.41) is 2.97. The Morgan fingerprint density at radius 1 is 1.03 bits per heavy atom. The second-order valence-electron chi connectivity index (χ2n) is 9.70. The number of anilines is 1. The zero-order valence-electron chi connectivity index (χ0n) is 20.5. The minimum Gasteiger partial charge on any atom is -0.480 e. The summed E-state index contributed by atoms with van der Waals surface area (Å²) in [5.41, 5.74) is 3.21. The van der Waals surface area contributed by atoms with Gasteiger partial charge in [-0.15, -0.1) is 0 Å². The third-order valence-electron chi connectivity index (χ3n) is 6.61. The zero-order chi connectivity index (χ0) is 23.1. The fourth-order valence-electron chi connectivity index (χ4n) is 3.45. The number of ether oxygens (including phenoxy) is 1. The summed E-state index contributed by atoms with van der Waals surface area (Å²) < 4.78 is 6.45. The largest absolute Gasteiger partial charge is 0.480 e. The predicted octanol–water partition coefficient (Wildman–Crippen LogP) is 7.44. The number of carbonyl (C=O) groups excluding carboxylic acids is 1. The van der Waals surface area contributed by atoms with Crippen molar-refractivity contribution in [3.05, 3.63) is 59.7 Å². The lowest BCUT2D eigenvalue weighted by molar-refractivity contribution is -0.123. The number of amides is 1.